The van der Waals surface area contributed by atoms with E-state index in [-0.39, 0.29) is 84.1 Å². The third-order valence-electron chi connectivity index (χ3n) is 9.12. The number of carbonyl (C=O) groups is 4. The zero-order valence-corrected chi connectivity index (χ0v) is 37.4. The molecule has 0 saturated heterocycles. The molecule has 0 saturated carbocycles. The summed E-state index contributed by atoms with van der Waals surface area (Å²) in [4.78, 5) is 75.2. The van der Waals surface area contributed by atoms with Crippen LogP contribution in [0.5, 0.6) is 0 Å². The molecule has 58 heavy (non-hydrogen) atoms. The van der Waals surface area contributed by atoms with Crippen molar-refractivity contribution < 1.29 is 111 Å². The number of hydrogen-bond acceptors (Lipinski definition) is 11. The summed E-state index contributed by atoms with van der Waals surface area (Å²) in [7, 11) is -4.66. The number of hydrogen-bond donors (Lipinski definition) is 2. The van der Waals surface area contributed by atoms with Crippen LogP contribution in [0.1, 0.15) is 52.7 Å². The SMILES string of the molecule is CC(NC(=O)[C@@](C)(Cc1cn(C(=O)OCOC(=O)c2ccc(CCP(=O)([O-])[O-])cc2)c2ccccc12)NC(=O)OCc1cc2ccccc2o1)c1ccccc1.[Na+].[Na+]. The van der Waals surface area contributed by atoms with Gasteiger partial charge in [-0.3, -0.25) is 9.36 Å². The van der Waals surface area contributed by atoms with Crippen LogP contribution in [0.2, 0.25) is 0 Å². The Morgan fingerprint density at radius 3 is 2.24 bits per heavy atom. The predicted octanol–water partition coefficient (Wildman–Crippen LogP) is -0.244. The van der Waals surface area contributed by atoms with Gasteiger partial charge >= 0.3 is 77.3 Å². The molecule has 17 heteroatoms. The topological polar surface area (TPSA) is 201 Å². The molecular formula is C41H38N3Na2O11P. The van der Waals surface area contributed by atoms with Crippen molar-refractivity contribution >= 4 is 53.5 Å². The molecule has 2 amide bonds. The van der Waals surface area contributed by atoms with Crippen LogP contribution in [0, 0.1) is 0 Å². The van der Waals surface area contributed by atoms with Crippen LogP contribution < -0.4 is 79.5 Å². The van der Waals surface area contributed by atoms with Crippen LogP contribution in [0.25, 0.3) is 21.9 Å². The molecule has 1 unspecified atom stereocenters. The zero-order valence-electron chi connectivity index (χ0n) is 32.5. The minimum Gasteiger partial charge on any atom is -0.811 e. The Kier molecular flexibility index (Phi) is 16.6. The maximum absolute atomic E-state index is 14.1. The van der Waals surface area contributed by atoms with Crippen molar-refractivity contribution in [2.45, 2.75) is 44.9 Å². The summed E-state index contributed by atoms with van der Waals surface area (Å²) < 4.78 is 33.8. The van der Waals surface area contributed by atoms with Crippen LogP contribution in [0.4, 0.5) is 9.59 Å². The van der Waals surface area contributed by atoms with Gasteiger partial charge in [0.05, 0.1) is 17.1 Å². The van der Waals surface area contributed by atoms with Crippen molar-refractivity contribution in [3.05, 3.63) is 143 Å². The Morgan fingerprint density at radius 2 is 1.53 bits per heavy atom. The van der Waals surface area contributed by atoms with Gasteiger partial charge in [0.25, 0.3) is 0 Å². The van der Waals surface area contributed by atoms with Gasteiger partial charge in [-0.15, -0.1) is 0 Å². The predicted molar refractivity (Wildman–Crippen MR) is 201 cm³/mol. The number of fused-ring (bicyclic) bond motifs is 2. The van der Waals surface area contributed by atoms with Crippen molar-refractivity contribution in [1.29, 1.82) is 0 Å². The maximum Gasteiger partial charge on any atom is 1.00 e. The smallest absolute Gasteiger partial charge is 0.811 e. The fourth-order valence-electron chi connectivity index (χ4n) is 6.15. The molecule has 2 atom stereocenters. The standard InChI is InChI=1S/C41H40N3O11P.2Na/c1-27(29-10-4-3-5-11-29)42-38(46)41(2,43-39(47)52-25-33-22-31-12-6-9-15-36(31)55-33)23-32-24-44(35-14-8-7-13-34(32)35)40(48)54-26-53-37(45)30-18-16-28(17-19-30)20-21-56(49,50)51;;/h3-19,22,24,27H,20-21,23,25-26H2,1-2H3,(H,42,46)(H,43,47)(H2,49,50,51);;/q;2*+1/p-2/t27?,41-;;/m1../s1. The molecule has 14 nitrogen and oxygen atoms in total. The normalized spacial score (nSPS) is 12.6. The molecule has 0 spiro atoms. The maximum atomic E-state index is 14.1. The van der Waals surface area contributed by atoms with E-state index in [1.54, 1.807) is 43.3 Å². The molecule has 0 aliphatic rings. The molecule has 0 aliphatic carbocycles. The van der Waals surface area contributed by atoms with Gasteiger partial charge in [0.1, 0.15) is 16.9 Å². The summed E-state index contributed by atoms with van der Waals surface area (Å²) in [5, 5.41) is 7.18. The first-order valence-electron chi connectivity index (χ1n) is 17.6. The number of nitrogens with one attached hydrogen (secondary N) is 2. The van der Waals surface area contributed by atoms with Gasteiger partial charge in [0, 0.05) is 23.4 Å². The quantitative estimate of drug-likeness (QED) is 0.0636. The van der Waals surface area contributed by atoms with E-state index in [2.05, 4.69) is 10.6 Å². The number of carbonyl (C=O) groups excluding carboxylic acids is 4. The van der Waals surface area contributed by atoms with Gasteiger partial charge in [-0.1, -0.05) is 86.5 Å². The number of benzene rings is 4. The van der Waals surface area contributed by atoms with Gasteiger partial charge in [0.15, 0.2) is 6.61 Å². The third kappa shape index (κ3) is 12.2. The number of ether oxygens (including phenoxy) is 3. The van der Waals surface area contributed by atoms with Crippen LogP contribution in [0.3, 0.4) is 0 Å². The van der Waals surface area contributed by atoms with Crippen molar-refractivity contribution in [1.82, 2.24) is 15.2 Å². The summed E-state index contributed by atoms with van der Waals surface area (Å²) in [6.07, 6.45) is -0.875. The van der Waals surface area contributed by atoms with Gasteiger partial charge in [-0.25, -0.2) is 14.4 Å². The summed E-state index contributed by atoms with van der Waals surface area (Å²) in [5.74, 6) is -0.891. The van der Waals surface area contributed by atoms with Crippen molar-refractivity contribution in [3.8, 4) is 0 Å². The van der Waals surface area contributed by atoms with Gasteiger partial charge in [0.2, 0.25) is 12.7 Å². The first kappa shape index (κ1) is 46.5. The third-order valence-corrected chi connectivity index (χ3v) is 9.89. The zero-order chi connectivity index (χ0) is 39.9. The van der Waals surface area contributed by atoms with Crippen LogP contribution in [-0.4, -0.2) is 47.1 Å². The van der Waals surface area contributed by atoms with E-state index in [1.807, 2.05) is 55.5 Å². The molecule has 4 aromatic carbocycles. The van der Waals surface area contributed by atoms with E-state index in [0.717, 1.165) is 10.9 Å². The molecule has 0 fully saturated rings. The average molecular weight is 826 g/mol. The van der Waals surface area contributed by atoms with Crippen LogP contribution in [-0.2, 0) is 43.0 Å². The second-order valence-corrected chi connectivity index (χ2v) is 15.0. The Labute approximate surface area is 378 Å². The largest absolute Gasteiger partial charge is 1.00 e. The van der Waals surface area contributed by atoms with Crippen LogP contribution in [0.15, 0.2) is 120 Å². The fourth-order valence-corrected chi connectivity index (χ4v) is 6.68. The van der Waals surface area contributed by atoms with Crippen molar-refractivity contribution in [2.75, 3.05) is 13.0 Å². The molecule has 0 aliphatic heterocycles. The summed E-state index contributed by atoms with van der Waals surface area (Å²) in [6, 6.07) is 30.8. The number of aryl methyl sites for hydroxylation is 1. The number of rotatable bonds is 14. The van der Waals surface area contributed by atoms with E-state index in [1.165, 1.54) is 35.0 Å². The average Bonchev–Trinajstić information content (AvgIpc) is 3.77. The van der Waals surface area contributed by atoms with Gasteiger partial charge in [-0.2, -0.15) is 0 Å². The number of para-hydroxylation sites is 2. The van der Waals surface area contributed by atoms with Gasteiger partial charge in [-0.05, 0) is 73.5 Å². The Morgan fingerprint density at radius 1 is 0.862 bits per heavy atom. The molecule has 290 valence electrons. The van der Waals surface area contributed by atoms with Crippen molar-refractivity contribution in [3.63, 3.8) is 0 Å². The second-order valence-electron chi connectivity index (χ2n) is 13.3. The molecule has 6 aromatic rings. The first-order chi connectivity index (χ1) is 26.8. The minimum atomic E-state index is -4.66. The number of alkyl carbamates (subject to hydrolysis) is 1. The summed E-state index contributed by atoms with van der Waals surface area (Å²) in [5.41, 5.74) is 1.51. The fraction of sp³-hybridized carbons (Fsp3) is 0.220. The van der Waals surface area contributed by atoms with E-state index in [9.17, 15) is 33.5 Å². The molecule has 2 N–H and O–H groups in total. The Balaban J connectivity index is 0.00000372. The molecule has 2 heterocycles. The minimum absolute atomic E-state index is 0. The molecule has 0 radical (unpaired) electrons. The van der Waals surface area contributed by atoms with E-state index in [4.69, 9.17) is 18.6 Å². The van der Waals surface area contributed by atoms with Crippen LogP contribution >= 0.6 is 7.60 Å². The number of amides is 2. The van der Waals surface area contributed by atoms with Gasteiger partial charge < -0.3 is 43.6 Å². The van der Waals surface area contributed by atoms with Crippen molar-refractivity contribution in [2.24, 2.45) is 0 Å². The first-order valence-corrected chi connectivity index (χ1v) is 19.3. The number of nitrogens with zero attached hydrogens (tertiary/aromatic N) is 1. The van der Waals surface area contributed by atoms with E-state index in [0.29, 0.717) is 33.4 Å². The van der Waals surface area contributed by atoms with E-state index < -0.39 is 56.2 Å². The Bertz CT molecular complexity index is 2380. The number of esters is 1. The molecule has 6 rings (SSSR count). The molecular weight excluding hydrogens is 787 g/mol. The molecule has 0 bridgehead atoms. The monoisotopic (exact) mass is 825 g/mol. The van der Waals surface area contributed by atoms with E-state index >= 15 is 0 Å². The Hall–Kier alpha value is -4.21. The number of aromatic nitrogens is 1. The molecule has 2 aromatic heterocycles. The number of furan rings is 1. The summed E-state index contributed by atoms with van der Waals surface area (Å²) in [6.45, 7) is 2.47. The second kappa shape index (κ2) is 20.7. The summed E-state index contributed by atoms with van der Waals surface area (Å²) >= 11 is 0.